The summed E-state index contributed by atoms with van der Waals surface area (Å²) in [6, 6.07) is 8.61. The monoisotopic (exact) mass is 276 g/mol. The van der Waals surface area contributed by atoms with Gasteiger partial charge in [-0.2, -0.15) is 0 Å². The van der Waals surface area contributed by atoms with Gasteiger partial charge in [0.2, 0.25) is 5.91 Å². The summed E-state index contributed by atoms with van der Waals surface area (Å²) in [5, 5.41) is 3.50. The van der Waals surface area contributed by atoms with Gasteiger partial charge in [-0.1, -0.05) is 12.1 Å². The van der Waals surface area contributed by atoms with Crippen molar-refractivity contribution in [2.45, 2.75) is 32.7 Å². The Labute approximate surface area is 121 Å². The second kappa shape index (κ2) is 7.29. The summed E-state index contributed by atoms with van der Waals surface area (Å²) in [5.74, 6) is 1.12. The van der Waals surface area contributed by atoms with E-state index in [2.05, 4.69) is 18.3 Å². The number of ether oxygens (including phenoxy) is 1. The van der Waals surface area contributed by atoms with Gasteiger partial charge in [-0.3, -0.25) is 4.79 Å². The summed E-state index contributed by atoms with van der Waals surface area (Å²) in [6.07, 6.45) is 2.06. The van der Waals surface area contributed by atoms with Crippen molar-refractivity contribution in [1.29, 1.82) is 0 Å². The lowest BCUT2D eigenvalue weighted by Gasteiger charge is -2.31. The number of benzene rings is 1. The number of nitrogens with one attached hydrogen (secondary N) is 1. The van der Waals surface area contributed by atoms with Crippen LogP contribution < -0.4 is 10.1 Å². The van der Waals surface area contributed by atoms with Gasteiger partial charge in [0.05, 0.1) is 0 Å². The highest BCUT2D eigenvalue weighted by Gasteiger charge is 2.19. The van der Waals surface area contributed by atoms with E-state index in [1.54, 1.807) is 6.92 Å². The van der Waals surface area contributed by atoms with Gasteiger partial charge in [0, 0.05) is 32.6 Å². The van der Waals surface area contributed by atoms with Gasteiger partial charge < -0.3 is 15.0 Å². The van der Waals surface area contributed by atoms with Crippen molar-refractivity contribution < 1.29 is 9.53 Å². The molecule has 0 unspecified atom stereocenters. The zero-order valence-corrected chi connectivity index (χ0v) is 12.4. The van der Waals surface area contributed by atoms with Gasteiger partial charge in [0.1, 0.15) is 12.4 Å². The van der Waals surface area contributed by atoms with E-state index in [0.29, 0.717) is 12.6 Å². The van der Waals surface area contributed by atoms with Gasteiger partial charge in [-0.15, -0.1) is 0 Å². The lowest BCUT2D eigenvalue weighted by Crippen LogP contribution is -2.45. The van der Waals surface area contributed by atoms with Crippen LogP contribution in [0.3, 0.4) is 0 Å². The zero-order chi connectivity index (χ0) is 14.4. The van der Waals surface area contributed by atoms with Crippen molar-refractivity contribution in [3.05, 3.63) is 29.8 Å². The molecule has 4 heteroatoms. The molecular weight excluding hydrogens is 252 g/mol. The number of hydrogen-bond donors (Lipinski definition) is 1. The van der Waals surface area contributed by atoms with Crippen LogP contribution in [0.25, 0.3) is 0 Å². The molecule has 2 rings (SSSR count). The zero-order valence-electron chi connectivity index (χ0n) is 12.4. The molecule has 4 nitrogen and oxygen atoms in total. The summed E-state index contributed by atoms with van der Waals surface area (Å²) in [6.45, 7) is 6.96. The van der Waals surface area contributed by atoms with Gasteiger partial charge >= 0.3 is 0 Å². The van der Waals surface area contributed by atoms with Crippen LogP contribution >= 0.6 is 0 Å². The largest absolute Gasteiger partial charge is 0.492 e. The number of likely N-dealkylation sites (tertiary alicyclic amines) is 1. The van der Waals surface area contributed by atoms with Gasteiger partial charge in [0.15, 0.2) is 0 Å². The van der Waals surface area contributed by atoms with E-state index in [4.69, 9.17) is 4.74 Å². The predicted molar refractivity (Wildman–Crippen MR) is 80.0 cm³/mol. The molecule has 0 aromatic heterocycles. The third-order valence-electron chi connectivity index (χ3n) is 3.73. The minimum absolute atomic E-state index is 0.186. The molecule has 1 heterocycles. The molecule has 110 valence electrons. The molecule has 0 spiro atoms. The van der Waals surface area contributed by atoms with E-state index in [9.17, 15) is 4.79 Å². The molecule has 20 heavy (non-hydrogen) atoms. The van der Waals surface area contributed by atoms with Crippen LogP contribution in [0.4, 0.5) is 0 Å². The predicted octanol–water partition coefficient (Wildman–Crippen LogP) is 1.97. The van der Waals surface area contributed by atoms with Gasteiger partial charge in [-0.25, -0.2) is 0 Å². The number of hydrogen-bond acceptors (Lipinski definition) is 3. The van der Waals surface area contributed by atoms with Crippen molar-refractivity contribution in [1.82, 2.24) is 10.2 Å². The molecule has 0 radical (unpaired) electrons. The Morgan fingerprint density at radius 3 is 2.80 bits per heavy atom. The van der Waals surface area contributed by atoms with Crippen molar-refractivity contribution in [3.8, 4) is 5.75 Å². The fourth-order valence-corrected chi connectivity index (χ4v) is 2.54. The Bertz CT molecular complexity index is 440. The number of nitrogens with zero attached hydrogens (tertiary/aromatic N) is 1. The number of piperidine rings is 1. The Morgan fingerprint density at radius 2 is 2.15 bits per heavy atom. The van der Waals surface area contributed by atoms with Crippen LogP contribution in [0.15, 0.2) is 24.3 Å². The Morgan fingerprint density at radius 1 is 1.40 bits per heavy atom. The normalized spacial score (nSPS) is 16.2. The fourth-order valence-electron chi connectivity index (χ4n) is 2.54. The summed E-state index contributed by atoms with van der Waals surface area (Å²) in [5.41, 5.74) is 1.21. The maximum Gasteiger partial charge on any atom is 0.219 e. The van der Waals surface area contributed by atoms with E-state index in [-0.39, 0.29) is 5.91 Å². The molecule has 0 saturated carbocycles. The highest BCUT2D eigenvalue weighted by molar-refractivity contribution is 5.73. The molecule has 1 aromatic carbocycles. The van der Waals surface area contributed by atoms with E-state index in [0.717, 1.165) is 38.2 Å². The fraction of sp³-hybridized carbons (Fsp3) is 0.562. The lowest BCUT2D eigenvalue weighted by atomic mass is 10.1. The number of carbonyl (C=O) groups is 1. The molecular formula is C16H24N2O2. The van der Waals surface area contributed by atoms with E-state index in [1.165, 1.54) is 5.56 Å². The highest BCUT2D eigenvalue weighted by Crippen LogP contribution is 2.12. The van der Waals surface area contributed by atoms with Crippen LogP contribution in [-0.4, -0.2) is 43.1 Å². The topological polar surface area (TPSA) is 41.6 Å². The second-order valence-electron chi connectivity index (χ2n) is 5.40. The molecule has 1 amide bonds. The second-order valence-corrected chi connectivity index (χ2v) is 5.40. The first-order valence-electron chi connectivity index (χ1n) is 7.33. The molecule has 0 atom stereocenters. The summed E-state index contributed by atoms with van der Waals surface area (Å²) in [4.78, 5) is 13.2. The molecule has 1 aliphatic heterocycles. The molecule has 1 fully saturated rings. The van der Waals surface area contributed by atoms with E-state index >= 15 is 0 Å². The number of amides is 1. The Hall–Kier alpha value is -1.55. The maximum absolute atomic E-state index is 11.2. The minimum Gasteiger partial charge on any atom is -0.492 e. The van der Waals surface area contributed by atoms with Gasteiger partial charge in [-0.05, 0) is 37.5 Å². The van der Waals surface area contributed by atoms with Gasteiger partial charge in [0.25, 0.3) is 0 Å². The van der Waals surface area contributed by atoms with Crippen molar-refractivity contribution in [2.24, 2.45) is 0 Å². The third kappa shape index (κ3) is 4.53. The van der Waals surface area contributed by atoms with Crippen LogP contribution in [0, 0.1) is 6.92 Å². The summed E-state index contributed by atoms with van der Waals surface area (Å²) >= 11 is 0. The molecule has 1 N–H and O–H groups in total. The average molecular weight is 276 g/mol. The average Bonchev–Trinajstić information content (AvgIpc) is 2.44. The molecule has 1 aliphatic rings. The van der Waals surface area contributed by atoms with Crippen molar-refractivity contribution >= 4 is 5.91 Å². The third-order valence-corrected chi connectivity index (χ3v) is 3.73. The van der Waals surface area contributed by atoms with E-state index in [1.807, 2.05) is 23.1 Å². The number of rotatable bonds is 5. The van der Waals surface area contributed by atoms with Crippen molar-refractivity contribution in [3.63, 3.8) is 0 Å². The summed E-state index contributed by atoms with van der Waals surface area (Å²) in [7, 11) is 0. The van der Waals surface area contributed by atoms with E-state index < -0.39 is 0 Å². The lowest BCUT2D eigenvalue weighted by molar-refractivity contribution is -0.129. The van der Waals surface area contributed by atoms with Crippen LogP contribution in [0.2, 0.25) is 0 Å². The van der Waals surface area contributed by atoms with Crippen LogP contribution in [0.5, 0.6) is 5.75 Å². The Kier molecular flexibility index (Phi) is 5.41. The first kappa shape index (κ1) is 14.9. The SMILES string of the molecule is CC(=O)N1CCC(NCCOc2cccc(C)c2)CC1. The first-order chi connectivity index (χ1) is 9.65. The molecule has 0 bridgehead atoms. The standard InChI is InChI=1S/C16H24N2O2/c1-13-4-3-5-16(12-13)20-11-8-17-15-6-9-18(10-7-15)14(2)19/h3-5,12,15,17H,6-11H2,1-2H3. The maximum atomic E-state index is 11.2. The number of carbonyl (C=O) groups excluding carboxylic acids is 1. The summed E-state index contributed by atoms with van der Waals surface area (Å²) < 4.78 is 5.71. The minimum atomic E-state index is 0.186. The smallest absolute Gasteiger partial charge is 0.219 e. The first-order valence-corrected chi connectivity index (χ1v) is 7.33. The molecule has 1 saturated heterocycles. The molecule has 0 aliphatic carbocycles. The van der Waals surface area contributed by atoms with Crippen LogP contribution in [0.1, 0.15) is 25.3 Å². The number of aryl methyl sites for hydroxylation is 1. The highest BCUT2D eigenvalue weighted by atomic mass is 16.5. The quantitative estimate of drug-likeness (QED) is 0.836. The van der Waals surface area contributed by atoms with Crippen molar-refractivity contribution in [2.75, 3.05) is 26.2 Å². The van der Waals surface area contributed by atoms with Crippen LogP contribution in [-0.2, 0) is 4.79 Å². The molecule has 1 aromatic rings. The Balaban J connectivity index is 1.61.